The van der Waals surface area contributed by atoms with Crippen molar-refractivity contribution in [2.45, 2.75) is 53.4 Å². The van der Waals surface area contributed by atoms with E-state index in [9.17, 15) is 4.79 Å². The van der Waals surface area contributed by atoms with Crippen LogP contribution in [-0.4, -0.2) is 42.4 Å². The second kappa shape index (κ2) is 11.4. The van der Waals surface area contributed by atoms with E-state index in [0.29, 0.717) is 29.3 Å². The number of Topliss-reactive ketones (excluding diaryl/α,β-unsaturated/α-hetero) is 1. The molecule has 1 aliphatic heterocycles. The smallest absolute Gasteiger partial charge is 0.161 e. The summed E-state index contributed by atoms with van der Waals surface area (Å²) in [6.45, 7) is 13.2. The standard InChI is InChI=1S/C24H29N.C9H11NO2/c1-17(2)19-9-11-21(12-10-19)23(20-7-5-18(3)6-8-20)22-13-24(14-22)15-25(4)16-24;1-3-12-9-4-8(7(2)11)5-10-6-9/h5-12,17H,13-16H2,1-4H3;4-6H,3H2,1-2H3. The van der Waals surface area contributed by atoms with Gasteiger partial charge in [0.1, 0.15) is 5.75 Å². The Labute approximate surface area is 222 Å². The van der Waals surface area contributed by atoms with Gasteiger partial charge in [-0.3, -0.25) is 9.78 Å². The Kier molecular flexibility index (Phi) is 8.29. The van der Waals surface area contributed by atoms with Crippen LogP contribution in [0.1, 0.15) is 79.1 Å². The van der Waals surface area contributed by atoms with Crippen molar-refractivity contribution < 1.29 is 9.53 Å². The minimum absolute atomic E-state index is 0.00375. The highest BCUT2D eigenvalue weighted by molar-refractivity contribution is 5.94. The summed E-state index contributed by atoms with van der Waals surface area (Å²) in [6.07, 6.45) is 5.67. The van der Waals surface area contributed by atoms with Gasteiger partial charge in [0.2, 0.25) is 0 Å². The third kappa shape index (κ3) is 6.37. The minimum atomic E-state index is 0.00375. The van der Waals surface area contributed by atoms with Gasteiger partial charge < -0.3 is 9.64 Å². The first kappa shape index (κ1) is 26.8. The van der Waals surface area contributed by atoms with E-state index in [1.165, 1.54) is 66.9 Å². The lowest BCUT2D eigenvalue weighted by Gasteiger charge is -2.56. The molecule has 0 atom stereocenters. The van der Waals surface area contributed by atoms with Crippen LogP contribution in [0.5, 0.6) is 5.75 Å². The van der Waals surface area contributed by atoms with Gasteiger partial charge in [0, 0.05) is 30.3 Å². The number of ether oxygens (including phenoxy) is 1. The van der Waals surface area contributed by atoms with Crippen LogP contribution in [0.4, 0.5) is 0 Å². The minimum Gasteiger partial charge on any atom is -0.492 e. The predicted octanol–water partition coefficient (Wildman–Crippen LogP) is 7.33. The number of rotatable bonds is 6. The molecule has 4 nitrogen and oxygen atoms in total. The van der Waals surface area contributed by atoms with Crippen LogP contribution in [0, 0.1) is 12.3 Å². The molecular formula is C33H40N2O2. The lowest BCUT2D eigenvalue weighted by atomic mass is 9.59. The van der Waals surface area contributed by atoms with Crippen molar-refractivity contribution in [1.29, 1.82) is 0 Å². The molecule has 1 saturated heterocycles. The number of nitrogens with zero attached hydrogens (tertiary/aromatic N) is 2. The zero-order chi connectivity index (χ0) is 26.6. The molecule has 194 valence electrons. The Hall–Kier alpha value is -3.24. The fourth-order valence-corrected chi connectivity index (χ4v) is 5.54. The van der Waals surface area contributed by atoms with Gasteiger partial charge in [-0.05, 0) is 74.9 Å². The maximum Gasteiger partial charge on any atom is 0.161 e. The van der Waals surface area contributed by atoms with E-state index in [-0.39, 0.29) is 5.78 Å². The van der Waals surface area contributed by atoms with Crippen LogP contribution in [0.3, 0.4) is 0 Å². The lowest BCUT2D eigenvalue weighted by Crippen LogP contribution is -2.58. The number of aryl methyl sites for hydroxylation is 1. The van der Waals surface area contributed by atoms with Crippen LogP contribution in [-0.2, 0) is 0 Å². The first-order valence-electron chi connectivity index (χ1n) is 13.4. The van der Waals surface area contributed by atoms with Crippen molar-refractivity contribution in [2.75, 3.05) is 26.7 Å². The molecule has 5 rings (SSSR count). The van der Waals surface area contributed by atoms with Gasteiger partial charge in [-0.2, -0.15) is 0 Å². The monoisotopic (exact) mass is 496 g/mol. The van der Waals surface area contributed by atoms with E-state index in [0.717, 1.165) is 0 Å². The molecular weight excluding hydrogens is 456 g/mol. The fraction of sp³-hybridized carbons (Fsp3) is 0.394. The Morgan fingerprint density at radius 1 is 0.973 bits per heavy atom. The third-order valence-corrected chi connectivity index (χ3v) is 7.38. The average Bonchev–Trinajstić information content (AvgIpc) is 2.84. The SMILES string of the molecule is CCOc1cncc(C(C)=O)c1.Cc1ccc(C(=C2CC3(C2)CN(C)C3)c2ccc(C(C)C)cc2)cc1. The van der Waals surface area contributed by atoms with Gasteiger partial charge in [0.15, 0.2) is 5.78 Å². The molecule has 2 fully saturated rings. The van der Waals surface area contributed by atoms with Crippen molar-refractivity contribution in [3.05, 3.63) is 100 Å². The van der Waals surface area contributed by atoms with Crippen molar-refractivity contribution in [1.82, 2.24) is 9.88 Å². The number of benzene rings is 2. The molecule has 2 aliphatic rings. The Morgan fingerprint density at radius 2 is 1.57 bits per heavy atom. The second-order valence-electron chi connectivity index (χ2n) is 11.0. The van der Waals surface area contributed by atoms with Crippen LogP contribution < -0.4 is 4.74 Å². The van der Waals surface area contributed by atoms with Crippen molar-refractivity contribution in [3.63, 3.8) is 0 Å². The molecule has 0 unspecified atom stereocenters. The van der Waals surface area contributed by atoms with Crippen LogP contribution in [0.2, 0.25) is 0 Å². The summed E-state index contributed by atoms with van der Waals surface area (Å²) >= 11 is 0. The summed E-state index contributed by atoms with van der Waals surface area (Å²) < 4.78 is 5.18. The molecule has 3 aromatic rings. The van der Waals surface area contributed by atoms with E-state index < -0.39 is 0 Å². The molecule has 2 aromatic carbocycles. The fourth-order valence-electron chi connectivity index (χ4n) is 5.54. The van der Waals surface area contributed by atoms with Crippen LogP contribution >= 0.6 is 0 Å². The zero-order valence-corrected chi connectivity index (χ0v) is 23.2. The van der Waals surface area contributed by atoms with Crippen LogP contribution in [0.25, 0.3) is 5.57 Å². The Morgan fingerprint density at radius 3 is 2.08 bits per heavy atom. The molecule has 4 heteroatoms. The van der Waals surface area contributed by atoms with E-state index in [2.05, 4.69) is 86.2 Å². The Bertz CT molecular complexity index is 1240. The summed E-state index contributed by atoms with van der Waals surface area (Å²) in [4.78, 5) is 17.2. The zero-order valence-electron chi connectivity index (χ0n) is 23.2. The van der Waals surface area contributed by atoms with Gasteiger partial charge in [-0.15, -0.1) is 0 Å². The third-order valence-electron chi connectivity index (χ3n) is 7.38. The maximum absolute atomic E-state index is 10.9. The highest BCUT2D eigenvalue weighted by Gasteiger charge is 2.49. The highest BCUT2D eigenvalue weighted by atomic mass is 16.5. The molecule has 0 amide bonds. The van der Waals surface area contributed by atoms with Crippen molar-refractivity contribution in [2.24, 2.45) is 5.41 Å². The number of carbonyl (C=O) groups excluding carboxylic acids is 1. The summed E-state index contributed by atoms with van der Waals surface area (Å²) in [5.74, 6) is 1.23. The topological polar surface area (TPSA) is 42.4 Å². The number of likely N-dealkylation sites (tertiary alicyclic amines) is 1. The normalized spacial score (nSPS) is 15.9. The van der Waals surface area contributed by atoms with Crippen molar-refractivity contribution in [3.8, 4) is 5.75 Å². The number of allylic oxidation sites excluding steroid dienone is 1. The number of carbonyl (C=O) groups is 1. The van der Waals surface area contributed by atoms with Gasteiger partial charge in [-0.25, -0.2) is 0 Å². The molecule has 2 heterocycles. The maximum atomic E-state index is 10.9. The average molecular weight is 497 g/mol. The van der Waals surface area contributed by atoms with Gasteiger partial charge in [0.05, 0.1) is 12.8 Å². The largest absolute Gasteiger partial charge is 0.492 e. The number of ketones is 1. The second-order valence-corrected chi connectivity index (χ2v) is 11.0. The first-order valence-corrected chi connectivity index (χ1v) is 13.4. The predicted molar refractivity (Wildman–Crippen MR) is 152 cm³/mol. The molecule has 1 aliphatic carbocycles. The molecule has 0 N–H and O–H groups in total. The number of hydrogen-bond acceptors (Lipinski definition) is 4. The summed E-state index contributed by atoms with van der Waals surface area (Å²) in [5, 5.41) is 0. The van der Waals surface area contributed by atoms with Gasteiger partial charge in [-0.1, -0.05) is 73.5 Å². The van der Waals surface area contributed by atoms with Crippen molar-refractivity contribution >= 4 is 11.4 Å². The highest BCUT2D eigenvalue weighted by Crippen LogP contribution is 2.54. The number of pyridine rings is 1. The van der Waals surface area contributed by atoms with E-state index in [4.69, 9.17) is 4.74 Å². The van der Waals surface area contributed by atoms with E-state index in [1.807, 2.05) is 6.92 Å². The summed E-state index contributed by atoms with van der Waals surface area (Å²) in [7, 11) is 2.23. The van der Waals surface area contributed by atoms with E-state index >= 15 is 0 Å². The molecule has 1 aromatic heterocycles. The number of aromatic nitrogens is 1. The summed E-state index contributed by atoms with van der Waals surface area (Å²) in [6, 6.07) is 20.0. The van der Waals surface area contributed by atoms with E-state index in [1.54, 1.807) is 17.8 Å². The first-order chi connectivity index (χ1) is 17.7. The number of hydrogen-bond donors (Lipinski definition) is 0. The van der Waals surface area contributed by atoms with Gasteiger partial charge >= 0.3 is 0 Å². The molecule has 37 heavy (non-hydrogen) atoms. The molecule has 1 spiro atoms. The molecule has 0 bridgehead atoms. The summed E-state index contributed by atoms with van der Waals surface area (Å²) in [5.41, 5.74) is 9.80. The quantitative estimate of drug-likeness (QED) is 0.335. The van der Waals surface area contributed by atoms with Crippen LogP contribution in [0.15, 0.2) is 72.6 Å². The molecule has 1 saturated carbocycles. The van der Waals surface area contributed by atoms with Gasteiger partial charge in [0.25, 0.3) is 0 Å². The molecule has 0 radical (unpaired) electrons. The lowest BCUT2D eigenvalue weighted by molar-refractivity contribution is -0.0106. The Balaban J connectivity index is 0.000000225.